The van der Waals surface area contributed by atoms with Crippen molar-refractivity contribution >= 4 is 0 Å². The van der Waals surface area contributed by atoms with Crippen LogP contribution in [0.3, 0.4) is 0 Å². The molecule has 0 amide bonds. The fourth-order valence-corrected chi connectivity index (χ4v) is 4.50. The van der Waals surface area contributed by atoms with Crippen molar-refractivity contribution in [3.8, 4) is 0 Å². The van der Waals surface area contributed by atoms with Gasteiger partial charge in [-0.15, -0.1) is 0 Å². The summed E-state index contributed by atoms with van der Waals surface area (Å²) in [6.45, 7) is 3.53. The Balaban J connectivity index is 1.70. The standard InChI is InChI=1S/C16H30N2/c17-13-16(18-10-3-1-2-4-11-18)9-5-6-15(12-16)14-7-8-14/h14-15H,1-13,17H2. The monoisotopic (exact) mass is 250 g/mol. The fraction of sp³-hybridized carbons (Fsp3) is 1.00. The maximum Gasteiger partial charge on any atom is 0.0334 e. The topological polar surface area (TPSA) is 29.3 Å². The molecule has 3 aliphatic rings. The highest BCUT2D eigenvalue weighted by Gasteiger charge is 2.44. The van der Waals surface area contributed by atoms with Gasteiger partial charge in [0, 0.05) is 12.1 Å². The fourth-order valence-electron chi connectivity index (χ4n) is 4.50. The summed E-state index contributed by atoms with van der Waals surface area (Å²) in [5.41, 5.74) is 6.65. The summed E-state index contributed by atoms with van der Waals surface area (Å²) < 4.78 is 0. The summed E-state index contributed by atoms with van der Waals surface area (Å²) in [4.78, 5) is 2.80. The van der Waals surface area contributed by atoms with E-state index in [1.165, 1.54) is 77.3 Å². The molecule has 2 atom stereocenters. The van der Waals surface area contributed by atoms with Gasteiger partial charge in [-0.1, -0.05) is 25.7 Å². The van der Waals surface area contributed by atoms with Gasteiger partial charge in [0.15, 0.2) is 0 Å². The molecule has 2 unspecified atom stereocenters. The van der Waals surface area contributed by atoms with E-state index in [4.69, 9.17) is 5.73 Å². The Hall–Kier alpha value is -0.0800. The van der Waals surface area contributed by atoms with Crippen LogP contribution in [0.1, 0.15) is 64.2 Å². The molecule has 0 aromatic heterocycles. The summed E-state index contributed by atoms with van der Waals surface area (Å²) >= 11 is 0. The molecule has 0 aromatic carbocycles. The highest BCUT2D eigenvalue weighted by Crippen LogP contribution is 2.48. The van der Waals surface area contributed by atoms with E-state index in [2.05, 4.69) is 4.90 Å². The van der Waals surface area contributed by atoms with Crippen molar-refractivity contribution in [2.75, 3.05) is 19.6 Å². The van der Waals surface area contributed by atoms with Gasteiger partial charge >= 0.3 is 0 Å². The molecule has 1 aliphatic heterocycles. The molecule has 0 spiro atoms. The molecule has 1 saturated heterocycles. The molecular weight excluding hydrogens is 220 g/mol. The van der Waals surface area contributed by atoms with Gasteiger partial charge in [-0.05, 0) is 63.5 Å². The van der Waals surface area contributed by atoms with Crippen molar-refractivity contribution in [1.29, 1.82) is 0 Å². The van der Waals surface area contributed by atoms with Crippen LogP contribution in [0.2, 0.25) is 0 Å². The molecule has 3 rings (SSSR count). The Morgan fingerprint density at radius 3 is 2.22 bits per heavy atom. The van der Waals surface area contributed by atoms with Crippen LogP contribution in [0.15, 0.2) is 0 Å². The minimum absolute atomic E-state index is 0.385. The van der Waals surface area contributed by atoms with Gasteiger partial charge in [-0.2, -0.15) is 0 Å². The normalized spacial score (nSPS) is 39.5. The van der Waals surface area contributed by atoms with Crippen molar-refractivity contribution < 1.29 is 0 Å². The highest BCUT2D eigenvalue weighted by molar-refractivity contribution is 5.00. The van der Waals surface area contributed by atoms with E-state index in [0.29, 0.717) is 5.54 Å². The summed E-state index contributed by atoms with van der Waals surface area (Å²) in [7, 11) is 0. The van der Waals surface area contributed by atoms with Crippen LogP contribution in [0.4, 0.5) is 0 Å². The Labute approximate surface area is 112 Å². The number of hydrogen-bond acceptors (Lipinski definition) is 2. The number of nitrogens with two attached hydrogens (primary N) is 1. The predicted molar refractivity (Wildman–Crippen MR) is 76.5 cm³/mol. The first-order valence-corrected chi connectivity index (χ1v) is 8.29. The second-order valence-corrected chi connectivity index (χ2v) is 7.02. The molecule has 1 heterocycles. The SMILES string of the molecule is NCC1(N2CCCCCC2)CCCC(C2CC2)C1. The number of likely N-dealkylation sites (tertiary alicyclic amines) is 1. The minimum Gasteiger partial charge on any atom is -0.329 e. The predicted octanol–water partition coefficient (Wildman–Crippen LogP) is 3.16. The first-order valence-electron chi connectivity index (χ1n) is 8.29. The maximum atomic E-state index is 6.26. The molecule has 2 heteroatoms. The number of hydrogen-bond donors (Lipinski definition) is 1. The van der Waals surface area contributed by atoms with Gasteiger partial charge in [-0.25, -0.2) is 0 Å². The molecule has 0 aromatic rings. The first-order chi connectivity index (χ1) is 8.84. The lowest BCUT2D eigenvalue weighted by Crippen LogP contribution is -2.56. The zero-order chi connectivity index (χ0) is 12.4. The molecule has 3 fully saturated rings. The second-order valence-electron chi connectivity index (χ2n) is 7.02. The molecule has 2 saturated carbocycles. The zero-order valence-electron chi connectivity index (χ0n) is 11.9. The van der Waals surface area contributed by atoms with Crippen LogP contribution in [0.5, 0.6) is 0 Å². The van der Waals surface area contributed by atoms with Crippen LogP contribution >= 0.6 is 0 Å². The summed E-state index contributed by atoms with van der Waals surface area (Å²) in [6.07, 6.45) is 14.4. The van der Waals surface area contributed by atoms with E-state index in [1.54, 1.807) is 0 Å². The van der Waals surface area contributed by atoms with Crippen LogP contribution in [-0.2, 0) is 0 Å². The average molecular weight is 250 g/mol. The minimum atomic E-state index is 0.385. The molecule has 2 N–H and O–H groups in total. The number of rotatable bonds is 3. The molecular formula is C16H30N2. The number of nitrogens with zero attached hydrogens (tertiary/aromatic N) is 1. The van der Waals surface area contributed by atoms with Gasteiger partial charge < -0.3 is 5.73 Å². The largest absolute Gasteiger partial charge is 0.329 e. The third-order valence-corrected chi connectivity index (χ3v) is 5.80. The lowest BCUT2D eigenvalue weighted by molar-refractivity contribution is 0.0334. The summed E-state index contributed by atoms with van der Waals surface area (Å²) in [5.74, 6) is 2.08. The molecule has 2 aliphatic carbocycles. The van der Waals surface area contributed by atoms with E-state index in [9.17, 15) is 0 Å². The van der Waals surface area contributed by atoms with Crippen molar-refractivity contribution in [3.05, 3.63) is 0 Å². The van der Waals surface area contributed by atoms with Crippen molar-refractivity contribution in [2.24, 2.45) is 17.6 Å². The Morgan fingerprint density at radius 1 is 0.889 bits per heavy atom. The van der Waals surface area contributed by atoms with E-state index in [-0.39, 0.29) is 0 Å². The van der Waals surface area contributed by atoms with Gasteiger partial charge in [-0.3, -0.25) is 4.90 Å². The van der Waals surface area contributed by atoms with Crippen LogP contribution in [-0.4, -0.2) is 30.1 Å². The first kappa shape index (κ1) is 12.9. The Bertz CT molecular complexity index is 266. The maximum absolute atomic E-state index is 6.26. The van der Waals surface area contributed by atoms with E-state index >= 15 is 0 Å². The van der Waals surface area contributed by atoms with E-state index in [1.807, 2.05) is 0 Å². The third kappa shape index (κ3) is 2.60. The van der Waals surface area contributed by atoms with Crippen molar-refractivity contribution in [2.45, 2.75) is 69.7 Å². The quantitative estimate of drug-likeness (QED) is 0.833. The average Bonchev–Trinajstić information content (AvgIpc) is 3.25. The molecule has 104 valence electrons. The molecule has 0 radical (unpaired) electrons. The lowest BCUT2D eigenvalue weighted by Gasteiger charge is -2.48. The third-order valence-electron chi connectivity index (χ3n) is 5.80. The van der Waals surface area contributed by atoms with Gasteiger partial charge in [0.05, 0.1) is 0 Å². The van der Waals surface area contributed by atoms with E-state index in [0.717, 1.165) is 18.4 Å². The van der Waals surface area contributed by atoms with Crippen molar-refractivity contribution in [1.82, 2.24) is 4.90 Å². The van der Waals surface area contributed by atoms with Gasteiger partial charge in [0.25, 0.3) is 0 Å². The van der Waals surface area contributed by atoms with Crippen LogP contribution in [0.25, 0.3) is 0 Å². The van der Waals surface area contributed by atoms with Crippen LogP contribution < -0.4 is 5.73 Å². The summed E-state index contributed by atoms with van der Waals surface area (Å²) in [5, 5.41) is 0. The van der Waals surface area contributed by atoms with Crippen LogP contribution in [0, 0.1) is 11.8 Å². The Morgan fingerprint density at radius 2 is 1.61 bits per heavy atom. The second kappa shape index (κ2) is 5.50. The summed E-state index contributed by atoms with van der Waals surface area (Å²) in [6, 6.07) is 0. The van der Waals surface area contributed by atoms with Gasteiger partial charge in [0.1, 0.15) is 0 Å². The van der Waals surface area contributed by atoms with Gasteiger partial charge in [0.2, 0.25) is 0 Å². The highest BCUT2D eigenvalue weighted by atomic mass is 15.2. The zero-order valence-corrected chi connectivity index (χ0v) is 11.9. The lowest BCUT2D eigenvalue weighted by atomic mass is 9.72. The Kier molecular flexibility index (Phi) is 3.95. The van der Waals surface area contributed by atoms with E-state index < -0.39 is 0 Å². The molecule has 18 heavy (non-hydrogen) atoms. The van der Waals surface area contributed by atoms with Crippen molar-refractivity contribution in [3.63, 3.8) is 0 Å². The molecule has 0 bridgehead atoms. The smallest absolute Gasteiger partial charge is 0.0334 e. The molecule has 2 nitrogen and oxygen atoms in total.